The molecular formula is C23H24O4S. The van der Waals surface area contributed by atoms with Crippen LogP contribution in [-0.2, 0) is 25.5 Å². The molecule has 1 atom stereocenters. The smallest absolute Gasteiger partial charge is 0.316 e. The van der Waals surface area contributed by atoms with Crippen molar-refractivity contribution in [2.45, 2.75) is 30.6 Å². The zero-order valence-electron chi connectivity index (χ0n) is 15.9. The lowest BCUT2D eigenvalue weighted by Crippen LogP contribution is -2.25. The van der Waals surface area contributed by atoms with Crippen LogP contribution in [0.4, 0.5) is 0 Å². The van der Waals surface area contributed by atoms with Gasteiger partial charge in [0.05, 0.1) is 7.11 Å². The summed E-state index contributed by atoms with van der Waals surface area (Å²) >= 11 is 1.14. The van der Waals surface area contributed by atoms with Crippen molar-refractivity contribution < 1.29 is 19.1 Å². The van der Waals surface area contributed by atoms with Crippen molar-refractivity contribution in [2.24, 2.45) is 5.92 Å². The lowest BCUT2D eigenvalue weighted by Gasteiger charge is -2.12. The minimum absolute atomic E-state index is 0.0868. The van der Waals surface area contributed by atoms with E-state index < -0.39 is 11.9 Å². The van der Waals surface area contributed by atoms with Gasteiger partial charge in [-0.05, 0) is 54.8 Å². The normalized spacial score (nSPS) is 11.9. The van der Waals surface area contributed by atoms with Gasteiger partial charge < -0.3 is 4.74 Å². The second kappa shape index (κ2) is 11.9. The number of thioether (sulfide) groups is 1. The Hall–Kier alpha value is -2.66. The van der Waals surface area contributed by atoms with Crippen LogP contribution in [-0.4, -0.2) is 24.0 Å². The minimum atomic E-state index is -0.796. The Morgan fingerprint density at radius 3 is 2.29 bits per heavy atom. The van der Waals surface area contributed by atoms with Crippen LogP contribution < -0.4 is 0 Å². The molecule has 0 N–H and O–H groups in total. The molecular weight excluding hydrogens is 372 g/mol. The van der Waals surface area contributed by atoms with Crippen LogP contribution in [0.1, 0.15) is 24.8 Å². The molecule has 5 heteroatoms. The summed E-state index contributed by atoms with van der Waals surface area (Å²) in [5.41, 5.74) is 1.06. The number of allylic oxidation sites excluding steroid dienone is 1. The van der Waals surface area contributed by atoms with Crippen LogP contribution >= 0.6 is 11.8 Å². The van der Waals surface area contributed by atoms with Gasteiger partial charge in [-0.1, -0.05) is 54.6 Å². The number of carbonyl (C=O) groups is 3. The van der Waals surface area contributed by atoms with Crippen molar-refractivity contribution >= 4 is 28.6 Å². The molecule has 28 heavy (non-hydrogen) atoms. The van der Waals surface area contributed by atoms with Crippen molar-refractivity contribution in [3.05, 3.63) is 78.4 Å². The fourth-order valence-corrected chi connectivity index (χ4v) is 3.41. The summed E-state index contributed by atoms with van der Waals surface area (Å²) < 4.78 is 4.79. The summed E-state index contributed by atoms with van der Waals surface area (Å²) in [5.74, 6) is -1.44. The first kappa shape index (κ1) is 21.6. The van der Waals surface area contributed by atoms with E-state index in [0.717, 1.165) is 22.2 Å². The van der Waals surface area contributed by atoms with E-state index in [2.05, 4.69) is 0 Å². The maximum absolute atomic E-state index is 12.5. The molecule has 0 bridgehead atoms. The molecule has 0 saturated heterocycles. The van der Waals surface area contributed by atoms with Crippen LogP contribution in [0.2, 0.25) is 0 Å². The average molecular weight is 397 g/mol. The molecule has 0 saturated carbocycles. The Morgan fingerprint density at radius 1 is 1.00 bits per heavy atom. The number of rotatable bonds is 10. The van der Waals surface area contributed by atoms with Crippen molar-refractivity contribution in [1.29, 1.82) is 0 Å². The Kier molecular flexibility index (Phi) is 9.22. The molecule has 0 fully saturated rings. The van der Waals surface area contributed by atoms with Gasteiger partial charge in [-0.2, -0.15) is 0 Å². The molecule has 1 unspecified atom stereocenters. The van der Waals surface area contributed by atoms with Gasteiger partial charge in [-0.15, -0.1) is 0 Å². The van der Waals surface area contributed by atoms with Crippen molar-refractivity contribution in [1.82, 2.24) is 0 Å². The van der Waals surface area contributed by atoms with Gasteiger partial charge in [0.1, 0.15) is 11.7 Å². The molecule has 146 valence electrons. The molecule has 0 aromatic heterocycles. The second-order valence-electron chi connectivity index (χ2n) is 6.24. The first-order valence-corrected chi connectivity index (χ1v) is 9.99. The number of hydrogen-bond acceptors (Lipinski definition) is 5. The highest BCUT2D eigenvalue weighted by molar-refractivity contribution is 8.14. The highest BCUT2D eigenvalue weighted by atomic mass is 32.2. The lowest BCUT2D eigenvalue weighted by molar-refractivity contribution is -0.149. The van der Waals surface area contributed by atoms with E-state index in [9.17, 15) is 14.4 Å². The number of esters is 1. The van der Waals surface area contributed by atoms with Crippen molar-refractivity contribution in [3.8, 4) is 0 Å². The highest BCUT2D eigenvalue weighted by Crippen LogP contribution is 2.19. The third-order valence-corrected chi connectivity index (χ3v) is 5.06. The van der Waals surface area contributed by atoms with Gasteiger partial charge in [-0.25, -0.2) is 0 Å². The Labute approximate surface area is 170 Å². The largest absolute Gasteiger partial charge is 0.468 e. The summed E-state index contributed by atoms with van der Waals surface area (Å²) in [6.07, 6.45) is 4.86. The summed E-state index contributed by atoms with van der Waals surface area (Å²) in [6, 6.07) is 19.1. The molecule has 0 aliphatic carbocycles. The quantitative estimate of drug-likeness (QED) is 0.254. The standard InChI is InChI=1S/C23H24O4S/c1-27-23(26)20(21(24)17-16-18-10-4-2-5-11-18)14-8-9-15-22(25)28-19-12-6-3-7-13-19/h2-7,9-13,15,20H,8,14,16-17H2,1H3/b15-9+. The van der Waals surface area contributed by atoms with Gasteiger partial charge >= 0.3 is 5.97 Å². The molecule has 2 aromatic rings. The number of ketones is 1. The van der Waals surface area contributed by atoms with Gasteiger partial charge in [-0.3, -0.25) is 14.4 Å². The zero-order chi connectivity index (χ0) is 20.2. The second-order valence-corrected chi connectivity index (χ2v) is 7.32. The van der Waals surface area contributed by atoms with Crippen LogP contribution in [0.5, 0.6) is 0 Å². The molecule has 0 heterocycles. The number of ether oxygens (including phenoxy) is 1. The predicted molar refractivity (Wildman–Crippen MR) is 111 cm³/mol. The fourth-order valence-electron chi connectivity index (χ4n) is 2.72. The molecule has 2 aromatic carbocycles. The predicted octanol–water partition coefficient (Wildman–Crippen LogP) is 4.63. The zero-order valence-corrected chi connectivity index (χ0v) is 16.7. The third kappa shape index (κ3) is 7.53. The minimum Gasteiger partial charge on any atom is -0.468 e. The molecule has 2 rings (SSSR count). The summed E-state index contributed by atoms with van der Waals surface area (Å²) in [5, 5.41) is -0.0868. The van der Waals surface area contributed by atoms with E-state index in [1.807, 2.05) is 60.7 Å². The maximum Gasteiger partial charge on any atom is 0.316 e. The van der Waals surface area contributed by atoms with E-state index in [1.165, 1.54) is 13.2 Å². The fraction of sp³-hybridized carbons (Fsp3) is 0.261. The Morgan fingerprint density at radius 2 is 1.64 bits per heavy atom. The Balaban J connectivity index is 1.83. The van der Waals surface area contributed by atoms with E-state index in [1.54, 1.807) is 6.08 Å². The summed E-state index contributed by atoms with van der Waals surface area (Å²) in [6.45, 7) is 0. The van der Waals surface area contributed by atoms with E-state index >= 15 is 0 Å². The van der Waals surface area contributed by atoms with Crippen LogP contribution in [0.25, 0.3) is 0 Å². The number of methoxy groups -OCH3 is 1. The number of benzene rings is 2. The van der Waals surface area contributed by atoms with Crippen LogP contribution in [0.3, 0.4) is 0 Å². The van der Waals surface area contributed by atoms with E-state index in [4.69, 9.17) is 4.74 Å². The first-order chi connectivity index (χ1) is 13.6. The molecule has 0 amide bonds. The molecule has 4 nitrogen and oxygen atoms in total. The monoisotopic (exact) mass is 396 g/mol. The summed E-state index contributed by atoms with van der Waals surface area (Å²) in [7, 11) is 1.29. The van der Waals surface area contributed by atoms with Gasteiger partial charge in [0, 0.05) is 11.3 Å². The van der Waals surface area contributed by atoms with Gasteiger partial charge in [0.15, 0.2) is 0 Å². The lowest BCUT2D eigenvalue weighted by atomic mass is 9.94. The van der Waals surface area contributed by atoms with E-state index in [0.29, 0.717) is 19.3 Å². The molecule has 0 aliphatic rings. The molecule has 0 radical (unpaired) electrons. The van der Waals surface area contributed by atoms with Crippen LogP contribution in [0, 0.1) is 5.92 Å². The third-order valence-electron chi connectivity index (χ3n) is 4.21. The highest BCUT2D eigenvalue weighted by Gasteiger charge is 2.26. The number of hydrogen-bond donors (Lipinski definition) is 0. The SMILES string of the molecule is COC(=O)C(CC/C=C/C(=O)Sc1ccccc1)C(=O)CCc1ccccc1. The first-order valence-electron chi connectivity index (χ1n) is 9.18. The van der Waals surface area contributed by atoms with Crippen molar-refractivity contribution in [2.75, 3.05) is 7.11 Å². The number of carbonyl (C=O) groups excluding carboxylic acids is 3. The van der Waals surface area contributed by atoms with Gasteiger partial charge in [0.25, 0.3) is 0 Å². The maximum atomic E-state index is 12.5. The summed E-state index contributed by atoms with van der Waals surface area (Å²) in [4.78, 5) is 37.3. The van der Waals surface area contributed by atoms with E-state index in [-0.39, 0.29) is 17.3 Å². The topological polar surface area (TPSA) is 60.4 Å². The molecule has 0 aliphatic heterocycles. The van der Waals surface area contributed by atoms with Gasteiger partial charge in [0.2, 0.25) is 5.12 Å². The molecule has 0 spiro atoms. The number of aryl methyl sites for hydroxylation is 1. The average Bonchev–Trinajstić information content (AvgIpc) is 2.73. The van der Waals surface area contributed by atoms with Crippen molar-refractivity contribution in [3.63, 3.8) is 0 Å². The van der Waals surface area contributed by atoms with Crippen LogP contribution in [0.15, 0.2) is 77.7 Å². The number of Topliss-reactive ketones (excluding diaryl/α,β-unsaturated/α-hetero) is 1. The Bertz CT molecular complexity index is 800.